The molecule has 5 heteroatoms. The number of rotatable bonds is 5. The predicted octanol–water partition coefficient (Wildman–Crippen LogP) is 3.97. The Morgan fingerprint density at radius 2 is 1.88 bits per heavy atom. The van der Waals surface area contributed by atoms with Crippen molar-refractivity contribution in [1.82, 2.24) is 9.88 Å². The standard InChI is InChI=1S/C20H23FN2OS/c21-19-3-1-2-4-20(19)25-18-9-14-12-23(13-15(14)10-18)8-7-16-5-6-17(24)11-22-16/h1-6,11,14-15,18,24H,7-10,12-13H2/t14-,15+,18?. The molecule has 2 heterocycles. The lowest BCUT2D eigenvalue weighted by Crippen LogP contribution is -2.25. The van der Waals surface area contributed by atoms with Crippen molar-refractivity contribution in [1.29, 1.82) is 0 Å². The van der Waals surface area contributed by atoms with Crippen molar-refractivity contribution in [3.63, 3.8) is 0 Å². The third kappa shape index (κ3) is 3.98. The van der Waals surface area contributed by atoms with E-state index < -0.39 is 0 Å². The van der Waals surface area contributed by atoms with E-state index in [1.54, 1.807) is 30.0 Å². The number of aromatic nitrogens is 1. The molecule has 1 N–H and O–H groups in total. The van der Waals surface area contributed by atoms with Crippen molar-refractivity contribution in [2.45, 2.75) is 29.4 Å². The second-order valence-corrected chi connectivity index (χ2v) is 8.52. The summed E-state index contributed by atoms with van der Waals surface area (Å²) in [7, 11) is 0. The van der Waals surface area contributed by atoms with Gasteiger partial charge in [0.2, 0.25) is 0 Å². The Bertz CT molecular complexity index is 710. The zero-order valence-corrected chi connectivity index (χ0v) is 15.0. The highest BCUT2D eigenvalue weighted by Gasteiger charge is 2.41. The van der Waals surface area contributed by atoms with Gasteiger partial charge < -0.3 is 10.0 Å². The van der Waals surface area contributed by atoms with Crippen LogP contribution in [-0.2, 0) is 6.42 Å². The molecule has 0 spiro atoms. The molecule has 2 fully saturated rings. The van der Waals surface area contributed by atoms with Crippen LogP contribution in [0.15, 0.2) is 47.5 Å². The minimum atomic E-state index is -0.0902. The summed E-state index contributed by atoms with van der Waals surface area (Å²) in [5.41, 5.74) is 1.03. The van der Waals surface area contributed by atoms with E-state index in [1.165, 1.54) is 19.0 Å². The Kier molecular flexibility index (Phi) is 4.95. The number of hydrogen-bond acceptors (Lipinski definition) is 4. The van der Waals surface area contributed by atoms with E-state index in [1.807, 2.05) is 18.2 Å². The quantitative estimate of drug-likeness (QED) is 0.877. The van der Waals surface area contributed by atoms with Crippen LogP contribution >= 0.6 is 11.8 Å². The second-order valence-electron chi connectivity index (χ2n) is 7.18. The highest BCUT2D eigenvalue weighted by Crippen LogP contribution is 2.45. The smallest absolute Gasteiger partial charge is 0.136 e. The fraction of sp³-hybridized carbons (Fsp3) is 0.450. The number of thioether (sulfide) groups is 1. The topological polar surface area (TPSA) is 36.4 Å². The van der Waals surface area contributed by atoms with E-state index in [2.05, 4.69) is 9.88 Å². The number of nitrogens with zero attached hydrogens (tertiary/aromatic N) is 2. The van der Waals surface area contributed by atoms with Crippen LogP contribution in [0.25, 0.3) is 0 Å². The molecule has 0 radical (unpaired) electrons. The SMILES string of the molecule is Oc1ccc(CCN2C[C@H]3CC(Sc4ccccc4F)C[C@H]3C2)nc1. The first kappa shape index (κ1) is 16.9. The van der Waals surface area contributed by atoms with Gasteiger partial charge in [-0.15, -0.1) is 11.8 Å². The second kappa shape index (κ2) is 7.34. The van der Waals surface area contributed by atoms with Gasteiger partial charge in [0, 0.05) is 41.9 Å². The molecule has 1 aromatic carbocycles. The summed E-state index contributed by atoms with van der Waals surface area (Å²) in [4.78, 5) is 7.59. The zero-order chi connectivity index (χ0) is 17.2. The summed E-state index contributed by atoms with van der Waals surface area (Å²) in [5.74, 6) is 1.62. The van der Waals surface area contributed by atoms with E-state index >= 15 is 0 Å². The van der Waals surface area contributed by atoms with Gasteiger partial charge in [0.1, 0.15) is 11.6 Å². The zero-order valence-electron chi connectivity index (χ0n) is 14.1. The summed E-state index contributed by atoms with van der Waals surface area (Å²) in [5, 5.41) is 9.84. The third-order valence-corrected chi connectivity index (χ3v) is 6.71. The van der Waals surface area contributed by atoms with Gasteiger partial charge in [-0.3, -0.25) is 4.98 Å². The fourth-order valence-corrected chi connectivity index (χ4v) is 5.56. The molecule has 3 nitrogen and oxygen atoms in total. The van der Waals surface area contributed by atoms with Crippen molar-refractivity contribution in [2.24, 2.45) is 11.8 Å². The highest BCUT2D eigenvalue weighted by atomic mass is 32.2. The molecule has 132 valence electrons. The minimum Gasteiger partial charge on any atom is -0.506 e. The minimum absolute atomic E-state index is 0.0902. The molecule has 3 atom stereocenters. The van der Waals surface area contributed by atoms with Crippen LogP contribution < -0.4 is 0 Å². The molecular weight excluding hydrogens is 335 g/mol. The maximum Gasteiger partial charge on any atom is 0.136 e. The van der Waals surface area contributed by atoms with Crippen molar-refractivity contribution >= 4 is 11.8 Å². The van der Waals surface area contributed by atoms with Gasteiger partial charge in [-0.25, -0.2) is 4.39 Å². The predicted molar refractivity (Wildman–Crippen MR) is 98.3 cm³/mol. The number of pyridine rings is 1. The number of fused-ring (bicyclic) bond motifs is 1. The molecule has 2 aromatic rings. The molecule has 0 amide bonds. The fourth-order valence-electron chi connectivity index (χ4n) is 4.18. The number of hydrogen-bond donors (Lipinski definition) is 1. The molecular formula is C20H23FN2OS. The molecule has 1 aliphatic heterocycles. The molecule has 0 bridgehead atoms. The summed E-state index contributed by atoms with van der Waals surface area (Å²) in [6.07, 6.45) is 4.82. The first-order chi connectivity index (χ1) is 12.2. The molecule has 1 unspecified atom stereocenters. The lowest BCUT2D eigenvalue weighted by atomic mass is 10.0. The third-order valence-electron chi connectivity index (χ3n) is 5.41. The Hall–Kier alpha value is -1.59. The van der Waals surface area contributed by atoms with Gasteiger partial charge >= 0.3 is 0 Å². The summed E-state index contributed by atoms with van der Waals surface area (Å²) < 4.78 is 13.8. The van der Waals surface area contributed by atoms with Crippen molar-refractivity contribution in [2.75, 3.05) is 19.6 Å². The van der Waals surface area contributed by atoms with Gasteiger partial charge in [-0.05, 0) is 48.9 Å². The molecule has 2 aliphatic rings. The maximum atomic E-state index is 13.8. The van der Waals surface area contributed by atoms with Gasteiger partial charge in [0.15, 0.2) is 0 Å². The molecule has 1 saturated heterocycles. The van der Waals surface area contributed by atoms with Gasteiger partial charge in [0.25, 0.3) is 0 Å². The van der Waals surface area contributed by atoms with Crippen molar-refractivity contribution < 1.29 is 9.50 Å². The molecule has 1 aromatic heterocycles. The monoisotopic (exact) mass is 358 g/mol. The van der Waals surface area contributed by atoms with E-state index in [4.69, 9.17) is 0 Å². The molecule has 4 rings (SSSR count). The van der Waals surface area contributed by atoms with Crippen LogP contribution in [0.3, 0.4) is 0 Å². The van der Waals surface area contributed by atoms with E-state index in [-0.39, 0.29) is 11.6 Å². The van der Waals surface area contributed by atoms with Crippen molar-refractivity contribution in [3.05, 3.63) is 54.1 Å². The average molecular weight is 358 g/mol. The lowest BCUT2D eigenvalue weighted by molar-refractivity contribution is 0.315. The molecule has 1 saturated carbocycles. The van der Waals surface area contributed by atoms with Crippen LogP contribution in [-0.4, -0.2) is 39.9 Å². The summed E-state index contributed by atoms with van der Waals surface area (Å²) >= 11 is 1.72. The van der Waals surface area contributed by atoms with Gasteiger partial charge in [-0.2, -0.15) is 0 Å². The number of aromatic hydroxyl groups is 1. The largest absolute Gasteiger partial charge is 0.506 e. The van der Waals surface area contributed by atoms with E-state index in [9.17, 15) is 9.50 Å². The average Bonchev–Trinajstić information content (AvgIpc) is 3.14. The highest BCUT2D eigenvalue weighted by molar-refractivity contribution is 8.00. The summed E-state index contributed by atoms with van der Waals surface area (Å²) in [6, 6.07) is 10.7. The van der Waals surface area contributed by atoms with Crippen LogP contribution in [0.2, 0.25) is 0 Å². The lowest BCUT2D eigenvalue weighted by Gasteiger charge is -2.18. The van der Waals surface area contributed by atoms with Crippen LogP contribution in [0.4, 0.5) is 4.39 Å². The molecule has 1 aliphatic carbocycles. The van der Waals surface area contributed by atoms with Crippen LogP contribution in [0.1, 0.15) is 18.5 Å². The Morgan fingerprint density at radius 1 is 1.12 bits per heavy atom. The van der Waals surface area contributed by atoms with Crippen LogP contribution in [0, 0.1) is 17.7 Å². The first-order valence-electron chi connectivity index (χ1n) is 8.95. The molecule has 25 heavy (non-hydrogen) atoms. The van der Waals surface area contributed by atoms with E-state index in [0.29, 0.717) is 5.25 Å². The van der Waals surface area contributed by atoms with Gasteiger partial charge in [0.05, 0.1) is 6.20 Å². The normalized spacial score (nSPS) is 26.0. The Morgan fingerprint density at radius 3 is 2.56 bits per heavy atom. The van der Waals surface area contributed by atoms with Crippen molar-refractivity contribution in [3.8, 4) is 5.75 Å². The Labute approximate surface area is 152 Å². The van der Waals surface area contributed by atoms with E-state index in [0.717, 1.165) is 48.5 Å². The number of benzene rings is 1. The van der Waals surface area contributed by atoms with Crippen LogP contribution in [0.5, 0.6) is 5.75 Å². The number of halogens is 1. The Balaban J connectivity index is 1.26. The number of likely N-dealkylation sites (tertiary alicyclic amines) is 1. The maximum absolute atomic E-state index is 13.8. The van der Waals surface area contributed by atoms with Gasteiger partial charge in [-0.1, -0.05) is 12.1 Å². The summed E-state index contributed by atoms with van der Waals surface area (Å²) in [6.45, 7) is 3.32. The first-order valence-corrected chi connectivity index (χ1v) is 9.83.